The minimum Gasteiger partial charge on any atom is -0.323 e. The van der Waals surface area contributed by atoms with E-state index in [1.807, 2.05) is 0 Å². The van der Waals surface area contributed by atoms with Crippen LogP contribution < -0.4 is 0 Å². The van der Waals surface area contributed by atoms with Crippen molar-refractivity contribution in [2.24, 2.45) is 0 Å². The number of Topliss-reactive ketones (excluding diaryl/α,β-unsaturated/α-hetero) is 1. The molecule has 0 aromatic carbocycles. The molecule has 3 fully saturated rings. The lowest BCUT2D eigenvalue weighted by molar-refractivity contribution is -0.118. The van der Waals surface area contributed by atoms with Crippen LogP contribution in [0.25, 0.3) is 0 Å². The van der Waals surface area contributed by atoms with E-state index in [9.17, 15) is 9.36 Å². The average Bonchev–Trinajstić information content (AvgIpc) is 2.80. The molecule has 0 saturated heterocycles. The second kappa shape index (κ2) is 7.65. The fourth-order valence-electron chi connectivity index (χ4n) is 5.38. The Morgan fingerprint density at radius 2 is 1.09 bits per heavy atom. The van der Waals surface area contributed by atoms with Crippen LogP contribution in [-0.2, 0) is 9.36 Å². The van der Waals surface area contributed by atoms with Crippen molar-refractivity contribution in [1.29, 1.82) is 0 Å². The van der Waals surface area contributed by atoms with Gasteiger partial charge in [-0.15, -0.1) is 0 Å². The Kier molecular flexibility index (Phi) is 5.82. The van der Waals surface area contributed by atoms with Crippen molar-refractivity contribution in [3.8, 4) is 0 Å². The van der Waals surface area contributed by atoms with Crippen LogP contribution in [0.5, 0.6) is 0 Å². The summed E-state index contributed by atoms with van der Waals surface area (Å²) >= 11 is 0. The number of carbonyl (C=O) groups is 1. The molecule has 1 atom stereocenters. The SMILES string of the molecule is O=C1CCCCC(P(=O)(C2CCCCC2)C2CCCCC2)C1. The van der Waals surface area contributed by atoms with Crippen LogP contribution in [0.2, 0.25) is 0 Å². The van der Waals surface area contributed by atoms with Crippen molar-refractivity contribution in [2.45, 2.75) is 113 Å². The lowest BCUT2D eigenvalue weighted by Crippen LogP contribution is -2.31. The molecule has 3 heteroatoms. The third-order valence-electron chi connectivity index (χ3n) is 6.57. The monoisotopic (exact) mass is 324 g/mol. The van der Waals surface area contributed by atoms with Crippen molar-refractivity contribution in [1.82, 2.24) is 0 Å². The number of carbonyl (C=O) groups excluding carboxylic acids is 1. The van der Waals surface area contributed by atoms with E-state index >= 15 is 0 Å². The van der Waals surface area contributed by atoms with Crippen molar-refractivity contribution < 1.29 is 9.36 Å². The highest BCUT2D eigenvalue weighted by Crippen LogP contribution is 2.67. The fraction of sp³-hybridized carbons (Fsp3) is 0.947. The summed E-state index contributed by atoms with van der Waals surface area (Å²) in [5.74, 6) is 0.398. The fourth-order valence-corrected chi connectivity index (χ4v) is 10.6. The molecule has 2 nitrogen and oxygen atoms in total. The Labute approximate surface area is 136 Å². The molecule has 0 radical (unpaired) electrons. The van der Waals surface area contributed by atoms with Gasteiger partial charge in [-0.1, -0.05) is 44.9 Å². The van der Waals surface area contributed by atoms with Crippen LogP contribution in [0, 0.1) is 0 Å². The first-order valence-corrected chi connectivity index (χ1v) is 11.7. The maximum Gasteiger partial charge on any atom is 0.133 e. The number of hydrogen-bond acceptors (Lipinski definition) is 2. The topological polar surface area (TPSA) is 34.1 Å². The number of rotatable bonds is 3. The highest BCUT2D eigenvalue weighted by molar-refractivity contribution is 7.66. The van der Waals surface area contributed by atoms with Gasteiger partial charge in [-0.3, -0.25) is 4.79 Å². The third-order valence-corrected chi connectivity index (χ3v) is 11.5. The Bertz CT molecular complexity index is 397. The molecular weight excluding hydrogens is 291 g/mol. The highest BCUT2D eigenvalue weighted by Gasteiger charge is 2.47. The van der Waals surface area contributed by atoms with Crippen LogP contribution in [0.1, 0.15) is 96.3 Å². The molecule has 0 amide bonds. The molecule has 3 rings (SSSR count). The summed E-state index contributed by atoms with van der Waals surface area (Å²) < 4.78 is 14.4. The van der Waals surface area contributed by atoms with E-state index in [4.69, 9.17) is 0 Å². The molecule has 1 unspecified atom stereocenters. The van der Waals surface area contributed by atoms with Gasteiger partial charge in [0.25, 0.3) is 0 Å². The van der Waals surface area contributed by atoms with Gasteiger partial charge in [-0.25, -0.2) is 0 Å². The van der Waals surface area contributed by atoms with E-state index in [0.29, 0.717) is 23.5 Å². The first-order chi connectivity index (χ1) is 10.7. The van der Waals surface area contributed by atoms with Gasteiger partial charge in [0.15, 0.2) is 0 Å². The third kappa shape index (κ3) is 3.53. The first kappa shape index (κ1) is 16.7. The molecule has 0 bridgehead atoms. The minimum atomic E-state index is -2.23. The summed E-state index contributed by atoms with van der Waals surface area (Å²) in [6.07, 6.45) is 17.0. The Morgan fingerprint density at radius 3 is 1.64 bits per heavy atom. The Balaban J connectivity index is 1.86. The van der Waals surface area contributed by atoms with Crippen molar-refractivity contribution in [3.63, 3.8) is 0 Å². The molecule has 3 aliphatic carbocycles. The molecule has 22 heavy (non-hydrogen) atoms. The predicted octanol–water partition coefficient (Wildman–Crippen LogP) is 5.92. The van der Waals surface area contributed by atoms with Gasteiger partial charge in [-0.2, -0.15) is 0 Å². The minimum absolute atomic E-state index is 0.244. The average molecular weight is 324 g/mol. The zero-order valence-corrected chi connectivity index (χ0v) is 15.0. The van der Waals surface area contributed by atoms with Crippen LogP contribution in [-0.4, -0.2) is 22.8 Å². The maximum absolute atomic E-state index is 14.4. The Morgan fingerprint density at radius 1 is 0.636 bits per heavy atom. The van der Waals surface area contributed by atoms with Gasteiger partial charge in [0.05, 0.1) is 7.14 Å². The van der Waals surface area contributed by atoms with Gasteiger partial charge in [0, 0.05) is 29.8 Å². The van der Waals surface area contributed by atoms with E-state index in [1.165, 1.54) is 64.2 Å². The molecule has 126 valence electrons. The van der Waals surface area contributed by atoms with E-state index < -0.39 is 7.14 Å². The normalized spacial score (nSPS) is 30.2. The molecule has 3 saturated carbocycles. The number of ketones is 1. The Hall–Kier alpha value is -0.100. The van der Waals surface area contributed by atoms with E-state index in [-0.39, 0.29) is 5.66 Å². The summed E-state index contributed by atoms with van der Waals surface area (Å²) in [7, 11) is -2.23. The van der Waals surface area contributed by atoms with E-state index in [1.54, 1.807) is 0 Å². The van der Waals surface area contributed by atoms with Crippen molar-refractivity contribution in [3.05, 3.63) is 0 Å². The highest BCUT2D eigenvalue weighted by atomic mass is 31.2. The summed E-state index contributed by atoms with van der Waals surface area (Å²) in [4.78, 5) is 12.2. The lowest BCUT2D eigenvalue weighted by atomic mass is 9.99. The molecule has 3 aliphatic rings. The summed E-state index contributed by atoms with van der Waals surface area (Å²) in [5.41, 5.74) is 1.16. The van der Waals surface area contributed by atoms with Gasteiger partial charge in [0.1, 0.15) is 5.78 Å². The zero-order valence-electron chi connectivity index (χ0n) is 14.1. The van der Waals surface area contributed by atoms with E-state index in [0.717, 1.165) is 25.7 Å². The molecule has 0 heterocycles. The smallest absolute Gasteiger partial charge is 0.133 e. The first-order valence-electron chi connectivity index (χ1n) is 9.82. The molecule has 0 aromatic heterocycles. The molecular formula is C19H33O2P. The summed E-state index contributed by atoms with van der Waals surface area (Å²) in [5, 5.41) is 0. The van der Waals surface area contributed by atoms with Gasteiger partial charge >= 0.3 is 0 Å². The van der Waals surface area contributed by atoms with Crippen molar-refractivity contribution >= 4 is 12.9 Å². The second-order valence-corrected chi connectivity index (χ2v) is 11.7. The molecule has 0 spiro atoms. The summed E-state index contributed by atoms with van der Waals surface area (Å²) in [6, 6.07) is 0. The van der Waals surface area contributed by atoms with Crippen LogP contribution in [0.3, 0.4) is 0 Å². The van der Waals surface area contributed by atoms with E-state index in [2.05, 4.69) is 0 Å². The van der Waals surface area contributed by atoms with Gasteiger partial charge < -0.3 is 4.57 Å². The van der Waals surface area contributed by atoms with Crippen LogP contribution in [0.15, 0.2) is 0 Å². The lowest BCUT2D eigenvalue weighted by Gasteiger charge is -2.42. The quantitative estimate of drug-likeness (QED) is 0.477. The molecule has 0 aromatic rings. The molecule has 0 N–H and O–H groups in total. The predicted molar refractivity (Wildman–Crippen MR) is 93.2 cm³/mol. The second-order valence-electron chi connectivity index (χ2n) is 7.99. The van der Waals surface area contributed by atoms with Crippen LogP contribution in [0.4, 0.5) is 0 Å². The zero-order chi connectivity index (χ0) is 15.4. The largest absolute Gasteiger partial charge is 0.323 e. The number of hydrogen-bond donors (Lipinski definition) is 0. The standard InChI is InChI=1S/C19H33O2P/c20-16-9-7-8-14-19(15-16)22(21,17-10-3-1-4-11-17)18-12-5-2-6-13-18/h17-19H,1-15H2. The van der Waals surface area contributed by atoms with Crippen LogP contribution >= 0.6 is 7.14 Å². The van der Waals surface area contributed by atoms with Gasteiger partial charge in [0.2, 0.25) is 0 Å². The van der Waals surface area contributed by atoms with Crippen molar-refractivity contribution in [2.75, 3.05) is 0 Å². The van der Waals surface area contributed by atoms with Gasteiger partial charge in [-0.05, 0) is 38.5 Å². The summed E-state index contributed by atoms with van der Waals surface area (Å²) in [6.45, 7) is 0. The maximum atomic E-state index is 14.4. The molecule has 0 aliphatic heterocycles.